The number of rotatable bonds is 0. The number of benzene rings is 1. The minimum absolute atomic E-state index is 0.700. The molecule has 3 heterocycles. The molecule has 2 saturated carbocycles. The van der Waals surface area contributed by atoms with E-state index in [1.807, 2.05) is 0 Å². The zero-order chi connectivity index (χ0) is 14.1. The summed E-state index contributed by atoms with van der Waals surface area (Å²) in [6.07, 6.45) is 6.97. The molecular weight excluding hydrogens is 395 g/mol. The molecule has 0 unspecified atom stereocenters. The van der Waals surface area contributed by atoms with E-state index in [4.69, 9.17) is 16.6 Å². The Kier molecular flexibility index (Phi) is 2.89. The lowest BCUT2D eigenvalue weighted by Crippen LogP contribution is -2.42. The Balaban J connectivity index is 1.66. The van der Waals surface area contributed by atoms with Gasteiger partial charge in [-0.15, -0.1) is 0 Å². The zero-order valence-electron chi connectivity index (χ0n) is 11.9. The van der Waals surface area contributed by atoms with E-state index >= 15 is 0 Å². The van der Waals surface area contributed by atoms with Gasteiger partial charge >= 0.3 is 0 Å². The third-order valence-electron chi connectivity index (χ3n) is 5.91. The number of nitrogens with zero attached hydrogens (tertiary/aromatic N) is 2. The van der Waals surface area contributed by atoms with Gasteiger partial charge in [0.15, 0.2) is 0 Å². The minimum atomic E-state index is 0.700. The topological polar surface area (TPSA) is 15.6 Å². The molecule has 21 heavy (non-hydrogen) atoms. The molecule has 3 aliphatic heterocycles. The number of fused-ring (bicyclic) bond motifs is 1. The fraction of sp³-hybridized carbons (Fsp3) is 0.588. The summed E-state index contributed by atoms with van der Waals surface area (Å²) in [5, 5.41) is 0.892. The lowest BCUT2D eigenvalue weighted by atomic mass is 9.68. The van der Waals surface area contributed by atoms with Crippen LogP contribution in [0.2, 0.25) is 5.02 Å². The molecule has 2 atom stereocenters. The zero-order valence-corrected chi connectivity index (χ0v) is 14.8. The fourth-order valence-electron chi connectivity index (χ4n) is 5.21. The van der Waals surface area contributed by atoms with Crippen LogP contribution in [-0.2, 0) is 6.54 Å². The summed E-state index contributed by atoms with van der Waals surface area (Å²) in [5.41, 5.74) is 2.36. The molecule has 2 saturated heterocycles. The number of hydrogen-bond acceptors (Lipinski definition) is 2. The first-order chi connectivity index (χ1) is 10.2. The van der Waals surface area contributed by atoms with Crippen molar-refractivity contribution in [1.29, 1.82) is 0 Å². The predicted molar refractivity (Wildman–Crippen MR) is 94.2 cm³/mol. The lowest BCUT2D eigenvalue weighted by Gasteiger charge is -2.39. The van der Waals surface area contributed by atoms with Crippen molar-refractivity contribution in [2.45, 2.75) is 44.7 Å². The molecule has 110 valence electrons. The van der Waals surface area contributed by atoms with E-state index in [-0.39, 0.29) is 0 Å². The monoisotopic (exact) mass is 412 g/mol. The molecule has 0 spiro atoms. The van der Waals surface area contributed by atoms with E-state index in [0.29, 0.717) is 12.0 Å². The SMILES string of the molecule is Clc1cc(I)cc2c1CN1C(=N2)C2C[C@H]3CC1C[C@H](C2)C3. The third kappa shape index (κ3) is 1.99. The van der Waals surface area contributed by atoms with Gasteiger partial charge in [-0.25, -0.2) is 4.99 Å². The molecule has 2 nitrogen and oxygen atoms in total. The van der Waals surface area contributed by atoms with E-state index in [1.54, 1.807) is 0 Å². The van der Waals surface area contributed by atoms with Gasteiger partial charge < -0.3 is 4.90 Å². The van der Waals surface area contributed by atoms with Gasteiger partial charge in [-0.2, -0.15) is 0 Å². The Labute approximate surface area is 144 Å². The second kappa shape index (κ2) is 4.60. The molecule has 0 N–H and O–H groups in total. The maximum absolute atomic E-state index is 6.50. The van der Waals surface area contributed by atoms with E-state index in [0.717, 1.165) is 29.1 Å². The van der Waals surface area contributed by atoms with E-state index in [2.05, 4.69) is 39.6 Å². The molecule has 6 rings (SSSR count). The van der Waals surface area contributed by atoms with Crippen LogP contribution in [0.1, 0.15) is 37.7 Å². The van der Waals surface area contributed by atoms with Crippen LogP contribution >= 0.6 is 34.2 Å². The van der Waals surface area contributed by atoms with Crippen molar-refractivity contribution in [2.75, 3.05) is 0 Å². The smallest absolute Gasteiger partial charge is 0.108 e. The highest BCUT2D eigenvalue weighted by molar-refractivity contribution is 14.1. The Morgan fingerprint density at radius 2 is 1.86 bits per heavy atom. The predicted octanol–water partition coefficient (Wildman–Crippen LogP) is 5.00. The Bertz CT molecular complexity index is 642. The van der Waals surface area contributed by atoms with Crippen molar-refractivity contribution in [3.63, 3.8) is 0 Å². The van der Waals surface area contributed by atoms with Crippen molar-refractivity contribution in [3.8, 4) is 0 Å². The van der Waals surface area contributed by atoms with Gasteiger partial charge in [0.1, 0.15) is 5.84 Å². The van der Waals surface area contributed by atoms with Gasteiger partial charge in [0.2, 0.25) is 0 Å². The quantitative estimate of drug-likeness (QED) is 0.548. The lowest BCUT2D eigenvalue weighted by molar-refractivity contribution is 0.128. The molecule has 4 bridgehead atoms. The summed E-state index contributed by atoms with van der Waals surface area (Å²) in [4.78, 5) is 7.72. The van der Waals surface area contributed by atoms with Crippen molar-refractivity contribution in [3.05, 3.63) is 26.3 Å². The second-order valence-electron chi connectivity index (χ2n) is 7.24. The Hall–Kier alpha value is -0.290. The molecule has 5 aliphatic rings. The summed E-state index contributed by atoms with van der Waals surface area (Å²) < 4.78 is 1.19. The molecule has 0 aromatic heterocycles. The van der Waals surface area contributed by atoms with E-state index in [1.165, 1.54) is 47.1 Å². The fourth-order valence-corrected chi connectivity index (χ4v) is 6.27. The highest BCUT2D eigenvalue weighted by Gasteiger charge is 2.46. The van der Waals surface area contributed by atoms with Crippen LogP contribution in [0.5, 0.6) is 0 Å². The summed E-state index contributed by atoms with van der Waals surface area (Å²) in [6.45, 7) is 0.977. The average molecular weight is 413 g/mol. The van der Waals surface area contributed by atoms with Gasteiger partial charge in [-0.05, 0) is 78.7 Å². The van der Waals surface area contributed by atoms with E-state index in [9.17, 15) is 0 Å². The number of halogens is 2. The standard InChI is InChI=1S/C17H18ClIN2/c18-15-6-12(19)7-16-14(15)8-21-13-4-9-1-10(5-13)3-11(2-9)17(21)20-16/h6-7,9-11,13H,1-5,8H2/t9-,10-,11?,13?/m0/s1. The Morgan fingerprint density at radius 1 is 1.10 bits per heavy atom. The highest BCUT2D eigenvalue weighted by Crippen LogP contribution is 2.50. The molecule has 0 amide bonds. The van der Waals surface area contributed by atoms with Crippen LogP contribution in [0.4, 0.5) is 5.69 Å². The van der Waals surface area contributed by atoms with Crippen LogP contribution in [-0.4, -0.2) is 16.8 Å². The summed E-state index contributed by atoms with van der Waals surface area (Å²) in [7, 11) is 0. The first-order valence-corrected chi connectivity index (χ1v) is 9.46. The van der Waals surface area contributed by atoms with Gasteiger partial charge in [0.05, 0.1) is 5.69 Å². The first-order valence-electron chi connectivity index (χ1n) is 8.00. The van der Waals surface area contributed by atoms with Crippen LogP contribution in [0.15, 0.2) is 17.1 Å². The van der Waals surface area contributed by atoms with Crippen molar-refractivity contribution >= 4 is 45.7 Å². The summed E-state index contributed by atoms with van der Waals surface area (Å²) in [6, 6.07) is 4.98. The normalized spacial score (nSPS) is 36.1. The minimum Gasteiger partial charge on any atom is -0.352 e. The average Bonchev–Trinajstić information content (AvgIpc) is 2.59. The number of amidine groups is 1. The molecule has 2 aliphatic carbocycles. The van der Waals surface area contributed by atoms with Crippen molar-refractivity contribution in [1.82, 2.24) is 4.90 Å². The van der Waals surface area contributed by atoms with Crippen molar-refractivity contribution in [2.24, 2.45) is 22.7 Å². The third-order valence-corrected chi connectivity index (χ3v) is 6.87. The van der Waals surface area contributed by atoms with Gasteiger partial charge in [0.25, 0.3) is 0 Å². The first kappa shape index (κ1) is 13.2. The van der Waals surface area contributed by atoms with E-state index < -0.39 is 0 Å². The number of aliphatic imine (C=N–C) groups is 1. The molecule has 1 aromatic carbocycles. The maximum Gasteiger partial charge on any atom is 0.108 e. The summed E-state index contributed by atoms with van der Waals surface area (Å²) >= 11 is 8.84. The van der Waals surface area contributed by atoms with Crippen LogP contribution < -0.4 is 0 Å². The van der Waals surface area contributed by atoms with Crippen molar-refractivity contribution < 1.29 is 0 Å². The van der Waals surface area contributed by atoms with Crippen LogP contribution in [0.25, 0.3) is 0 Å². The molecule has 4 fully saturated rings. The van der Waals surface area contributed by atoms with Gasteiger partial charge in [0, 0.05) is 32.7 Å². The van der Waals surface area contributed by atoms with Gasteiger partial charge in [-0.3, -0.25) is 0 Å². The maximum atomic E-state index is 6.50. The Morgan fingerprint density at radius 3 is 2.62 bits per heavy atom. The molecular formula is C17H18ClIN2. The largest absolute Gasteiger partial charge is 0.352 e. The molecule has 4 heteroatoms. The van der Waals surface area contributed by atoms with Crippen LogP contribution in [0, 0.1) is 21.3 Å². The molecule has 1 aromatic rings. The van der Waals surface area contributed by atoms with Gasteiger partial charge in [-0.1, -0.05) is 11.6 Å². The molecule has 0 radical (unpaired) electrons. The van der Waals surface area contributed by atoms with Crippen LogP contribution in [0.3, 0.4) is 0 Å². The highest BCUT2D eigenvalue weighted by atomic mass is 127. The second-order valence-corrected chi connectivity index (χ2v) is 8.90. The summed E-state index contributed by atoms with van der Waals surface area (Å²) in [5.74, 6) is 3.97. The number of hydrogen-bond donors (Lipinski definition) is 0.